The normalized spacial score (nSPS) is 13.9. The van der Waals surface area contributed by atoms with Crippen molar-refractivity contribution in [1.29, 1.82) is 0 Å². The lowest BCUT2D eigenvalue weighted by molar-refractivity contribution is -0.129. The van der Waals surface area contributed by atoms with Crippen LogP contribution in [0.3, 0.4) is 0 Å². The van der Waals surface area contributed by atoms with Crippen molar-refractivity contribution < 1.29 is 4.79 Å². The maximum Gasteiger partial charge on any atom is 0.185 e. The summed E-state index contributed by atoms with van der Waals surface area (Å²) in [5.74, 6) is 0.384. The van der Waals surface area contributed by atoms with Gasteiger partial charge in [0.05, 0.1) is 6.04 Å². The molecule has 118 valence electrons. The van der Waals surface area contributed by atoms with Gasteiger partial charge in [0.25, 0.3) is 0 Å². The van der Waals surface area contributed by atoms with E-state index in [9.17, 15) is 4.79 Å². The molecule has 0 spiro atoms. The number of nitrogens with one attached hydrogen (secondary N) is 1. The lowest BCUT2D eigenvalue weighted by atomic mass is 9.84. The average Bonchev–Trinajstić information content (AvgIpc) is 2.22. The number of carbonyl (C=O) groups excluding carboxylic acids is 1. The molecule has 1 atom stereocenters. The zero-order valence-electron chi connectivity index (χ0n) is 13.9. The molecular formula is C15H32N4O. The van der Waals surface area contributed by atoms with E-state index >= 15 is 0 Å². The van der Waals surface area contributed by atoms with Crippen LogP contribution < -0.4 is 16.8 Å². The Labute approximate surface area is 123 Å². The van der Waals surface area contributed by atoms with Crippen molar-refractivity contribution >= 4 is 11.7 Å². The lowest BCUT2D eigenvalue weighted by Crippen LogP contribution is -2.50. The van der Waals surface area contributed by atoms with Crippen LogP contribution in [0, 0.1) is 5.41 Å². The van der Waals surface area contributed by atoms with Crippen LogP contribution in [-0.4, -0.2) is 29.9 Å². The Morgan fingerprint density at radius 3 is 2.05 bits per heavy atom. The maximum absolute atomic E-state index is 12.5. The van der Waals surface area contributed by atoms with E-state index in [1.807, 2.05) is 20.8 Å². The van der Waals surface area contributed by atoms with Crippen molar-refractivity contribution in [2.75, 3.05) is 6.54 Å². The molecule has 5 nitrogen and oxygen atoms in total. The van der Waals surface area contributed by atoms with Gasteiger partial charge < -0.3 is 16.8 Å². The molecule has 5 heteroatoms. The molecule has 5 N–H and O–H groups in total. The first-order valence-electron chi connectivity index (χ1n) is 7.31. The van der Waals surface area contributed by atoms with Crippen LogP contribution >= 0.6 is 0 Å². The van der Waals surface area contributed by atoms with Crippen LogP contribution in [0.4, 0.5) is 0 Å². The summed E-state index contributed by atoms with van der Waals surface area (Å²) in [6.07, 6.45) is 2.62. The molecule has 0 aliphatic rings. The minimum Gasteiger partial charge on any atom is -0.370 e. The van der Waals surface area contributed by atoms with Crippen molar-refractivity contribution in [1.82, 2.24) is 5.32 Å². The Bertz CT molecular complexity index is 333. The standard InChI is InChI=1S/C15H32N4O/c1-14(2,3)12(20)11(19-15(4,5)6)9-7-8-10-18-13(16)17/h11,19H,7-10H2,1-6H3,(H4,16,17,18)/t11-/m0/s1. The highest BCUT2D eigenvalue weighted by Crippen LogP contribution is 2.21. The van der Waals surface area contributed by atoms with Crippen LogP contribution in [0.1, 0.15) is 60.8 Å². The number of unbranched alkanes of at least 4 members (excludes halogenated alkanes) is 1. The van der Waals surface area contributed by atoms with E-state index in [-0.39, 0.29) is 28.7 Å². The summed E-state index contributed by atoms with van der Waals surface area (Å²) in [5.41, 5.74) is 10.2. The fourth-order valence-electron chi connectivity index (χ4n) is 1.98. The summed E-state index contributed by atoms with van der Waals surface area (Å²) in [6, 6.07) is -0.116. The molecule has 0 aromatic carbocycles. The fourth-order valence-corrected chi connectivity index (χ4v) is 1.98. The van der Waals surface area contributed by atoms with Crippen LogP contribution in [0.25, 0.3) is 0 Å². The molecule has 0 amide bonds. The Balaban J connectivity index is 4.48. The van der Waals surface area contributed by atoms with Gasteiger partial charge in [0.2, 0.25) is 0 Å². The molecule has 0 saturated carbocycles. The van der Waals surface area contributed by atoms with Gasteiger partial charge in [0.15, 0.2) is 11.7 Å². The Morgan fingerprint density at radius 2 is 1.65 bits per heavy atom. The highest BCUT2D eigenvalue weighted by molar-refractivity contribution is 5.88. The number of ketones is 1. The topological polar surface area (TPSA) is 93.5 Å². The molecule has 0 rings (SSSR count). The summed E-state index contributed by atoms with van der Waals surface area (Å²) in [4.78, 5) is 16.4. The number of aliphatic imine (C=N–C) groups is 1. The summed E-state index contributed by atoms with van der Waals surface area (Å²) in [5, 5.41) is 3.43. The molecule has 0 aliphatic heterocycles. The van der Waals surface area contributed by atoms with E-state index < -0.39 is 0 Å². The Morgan fingerprint density at radius 1 is 1.10 bits per heavy atom. The van der Waals surface area contributed by atoms with E-state index in [0.717, 1.165) is 19.3 Å². The number of rotatable bonds is 7. The van der Waals surface area contributed by atoms with Crippen molar-refractivity contribution in [2.45, 2.75) is 72.4 Å². The van der Waals surface area contributed by atoms with Gasteiger partial charge in [0.1, 0.15) is 0 Å². The second kappa shape index (κ2) is 7.62. The van der Waals surface area contributed by atoms with Gasteiger partial charge in [-0.05, 0) is 40.0 Å². The average molecular weight is 284 g/mol. The van der Waals surface area contributed by atoms with Crippen molar-refractivity contribution in [3.8, 4) is 0 Å². The molecule has 0 unspecified atom stereocenters. The van der Waals surface area contributed by atoms with Gasteiger partial charge in [0, 0.05) is 17.5 Å². The Kier molecular flexibility index (Phi) is 7.20. The molecule has 0 aromatic rings. The molecule has 20 heavy (non-hydrogen) atoms. The largest absolute Gasteiger partial charge is 0.370 e. The zero-order valence-corrected chi connectivity index (χ0v) is 13.9. The number of carbonyl (C=O) groups is 1. The van der Waals surface area contributed by atoms with E-state index in [1.54, 1.807) is 0 Å². The molecule has 0 heterocycles. The van der Waals surface area contributed by atoms with Crippen LogP contribution in [0.2, 0.25) is 0 Å². The van der Waals surface area contributed by atoms with E-state index in [2.05, 4.69) is 31.1 Å². The lowest BCUT2D eigenvalue weighted by Gasteiger charge is -2.31. The third kappa shape index (κ3) is 8.91. The third-order valence-corrected chi connectivity index (χ3v) is 2.86. The fraction of sp³-hybridized carbons (Fsp3) is 0.867. The van der Waals surface area contributed by atoms with Crippen LogP contribution in [0.15, 0.2) is 4.99 Å². The van der Waals surface area contributed by atoms with Crippen molar-refractivity contribution in [3.63, 3.8) is 0 Å². The summed E-state index contributed by atoms with van der Waals surface area (Å²) < 4.78 is 0. The number of nitrogens with zero attached hydrogens (tertiary/aromatic N) is 1. The molecule has 0 saturated heterocycles. The summed E-state index contributed by atoms with van der Waals surface area (Å²) >= 11 is 0. The first-order chi connectivity index (χ1) is 8.93. The van der Waals surface area contributed by atoms with Crippen molar-refractivity contribution in [2.24, 2.45) is 21.9 Å². The minimum absolute atomic E-state index is 0.0780. The highest BCUT2D eigenvalue weighted by Gasteiger charge is 2.31. The summed E-state index contributed by atoms with van der Waals surface area (Å²) in [7, 11) is 0. The van der Waals surface area contributed by atoms with Crippen LogP contribution in [0.5, 0.6) is 0 Å². The third-order valence-electron chi connectivity index (χ3n) is 2.86. The highest BCUT2D eigenvalue weighted by atomic mass is 16.1. The van der Waals surface area contributed by atoms with E-state index in [4.69, 9.17) is 11.5 Å². The maximum atomic E-state index is 12.5. The first kappa shape index (κ1) is 18.9. The predicted molar refractivity (Wildman–Crippen MR) is 85.7 cm³/mol. The van der Waals surface area contributed by atoms with Gasteiger partial charge in [-0.2, -0.15) is 0 Å². The van der Waals surface area contributed by atoms with Crippen molar-refractivity contribution in [3.05, 3.63) is 0 Å². The molecule has 0 bridgehead atoms. The van der Waals surface area contributed by atoms with Gasteiger partial charge in [-0.15, -0.1) is 0 Å². The van der Waals surface area contributed by atoms with Gasteiger partial charge in [-0.3, -0.25) is 9.79 Å². The van der Waals surface area contributed by atoms with Crippen LogP contribution in [-0.2, 0) is 4.79 Å². The number of hydrogen-bond acceptors (Lipinski definition) is 3. The minimum atomic E-state index is -0.331. The first-order valence-corrected chi connectivity index (χ1v) is 7.31. The quantitative estimate of drug-likeness (QED) is 0.377. The monoisotopic (exact) mass is 284 g/mol. The van der Waals surface area contributed by atoms with Gasteiger partial charge in [-0.25, -0.2) is 0 Å². The smallest absolute Gasteiger partial charge is 0.185 e. The van der Waals surface area contributed by atoms with E-state index in [1.165, 1.54) is 0 Å². The molecular weight excluding hydrogens is 252 g/mol. The van der Waals surface area contributed by atoms with Gasteiger partial charge >= 0.3 is 0 Å². The molecule has 0 radical (unpaired) electrons. The second-order valence-corrected chi connectivity index (χ2v) is 7.36. The molecule has 0 aromatic heterocycles. The van der Waals surface area contributed by atoms with Gasteiger partial charge in [-0.1, -0.05) is 20.8 Å². The number of Topliss-reactive ketones (excluding diaryl/α,β-unsaturated/α-hetero) is 1. The SMILES string of the molecule is CC(C)(C)N[C@@H](CCCCN=C(N)N)C(=O)C(C)(C)C. The second-order valence-electron chi connectivity index (χ2n) is 7.36. The summed E-state index contributed by atoms with van der Waals surface area (Å²) in [6.45, 7) is 12.7. The predicted octanol–water partition coefficient (Wildman–Crippen LogP) is 1.80. The number of guanidine groups is 1. The number of nitrogens with two attached hydrogens (primary N) is 2. The number of hydrogen-bond donors (Lipinski definition) is 3. The van der Waals surface area contributed by atoms with E-state index in [0.29, 0.717) is 6.54 Å². The molecule has 0 aliphatic carbocycles. The zero-order chi connectivity index (χ0) is 16.0. The molecule has 0 fully saturated rings. The Hall–Kier alpha value is -1.10.